The second kappa shape index (κ2) is 3.75. The van der Waals surface area contributed by atoms with Crippen LogP contribution in [-0.4, -0.2) is 22.6 Å². The Bertz CT molecular complexity index is 268. The predicted octanol–water partition coefficient (Wildman–Crippen LogP) is 0.331. The average molecular weight is 168 g/mol. The van der Waals surface area contributed by atoms with Gasteiger partial charge in [-0.1, -0.05) is 6.92 Å². The van der Waals surface area contributed by atoms with Crippen molar-refractivity contribution in [2.75, 3.05) is 11.9 Å². The SMILES string of the molecule is CCCNc1[nH]ncc1C(N)=O. The Morgan fingerprint density at radius 2 is 2.58 bits per heavy atom. The topological polar surface area (TPSA) is 83.8 Å². The van der Waals surface area contributed by atoms with E-state index in [0.717, 1.165) is 13.0 Å². The number of rotatable bonds is 4. The first-order valence-electron chi connectivity index (χ1n) is 3.82. The number of hydrogen-bond acceptors (Lipinski definition) is 3. The van der Waals surface area contributed by atoms with Crippen LogP contribution < -0.4 is 11.1 Å². The summed E-state index contributed by atoms with van der Waals surface area (Å²) in [5, 5.41) is 9.37. The number of carbonyl (C=O) groups excluding carboxylic acids is 1. The van der Waals surface area contributed by atoms with E-state index in [1.807, 2.05) is 6.92 Å². The lowest BCUT2D eigenvalue weighted by atomic mass is 10.3. The van der Waals surface area contributed by atoms with Gasteiger partial charge in [0.05, 0.1) is 6.20 Å². The number of aromatic amines is 1. The van der Waals surface area contributed by atoms with Crippen LogP contribution in [0, 0.1) is 0 Å². The maximum absolute atomic E-state index is 10.8. The van der Waals surface area contributed by atoms with Crippen LogP contribution in [0.2, 0.25) is 0 Å². The largest absolute Gasteiger partial charge is 0.370 e. The lowest BCUT2D eigenvalue weighted by Gasteiger charge is -2.01. The Kier molecular flexibility index (Phi) is 2.68. The highest BCUT2D eigenvalue weighted by molar-refractivity contribution is 5.97. The average Bonchev–Trinajstić information content (AvgIpc) is 2.48. The fourth-order valence-electron chi connectivity index (χ4n) is 0.858. The number of nitrogens with one attached hydrogen (secondary N) is 2. The first kappa shape index (κ1) is 8.58. The predicted molar refractivity (Wildman–Crippen MR) is 45.9 cm³/mol. The molecular weight excluding hydrogens is 156 g/mol. The summed E-state index contributed by atoms with van der Waals surface area (Å²) in [5.74, 6) is 0.131. The van der Waals surface area contributed by atoms with E-state index in [-0.39, 0.29) is 0 Å². The van der Waals surface area contributed by atoms with E-state index in [4.69, 9.17) is 5.73 Å². The summed E-state index contributed by atoms with van der Waals surface area (Å²) in [5.41, 5.74) is 5.50. The number of primary amides is 1. The molecule has 5 heteroatoms. The first-order valence-corrected chi connectivity index (χ1v) is 3.82. The van der Waals surface area contributed by atoms with Crippen LogP contribution in [0.5, 0.6) is 0 Å². The number of hydrogen-bond donors (Lipinski definition) is 3. The highest BCUT2D eigenvalue weighted by Crippen LogP contribution is 2.08. The summed E-state index contributed by atoms with van der Waals surface area (Å²) in [6.45, 7) is 2.83. The third kappa shape index (κ3) is 1.75. The fourth-order valence-corrected chi connectivity index (χ4v) is 0.858. The molecule has 0 bridgehead atoms. The zero-order valence-corrected chi connectivity index (χ0v) is 6.92. The molecule has 1 rings (SSSR count). The Balaban J connectivity index is 2.70. The molecule has 0 saturated heterocycles. The summed E-state index contributed by atoms with van der Waals surface area (Å²) in [7, 11) is 0. The van der Waals surface area contributed by atoms with Crippen molar-refractivity contribution in [1.29, 1.82) is 0 Å². The van der Waals surface area contributed by atoms with Gasteiger partial charge in [-0.15, -0.1) is 0 Å². The van der Waals surface area contributed by atoms with Crippen molar-refractivity contribution in [3.63, 3.8) is 0 Å². The van der Waals surface area contributed by atoms with E-state index in [1.165, 1.54) is 6.20 Å². The van der Waals surface area contributed by atoms with Crippen LogP contribution in [0.15, 0.2) is 6.20 Å². The number of amides is 1. The molecule has 5 nitrogen and oxygen atoms in total. The molecule has 1 heterocycles. The van der Waals surface area contributed by atoms with Crippen molar-refractivity contribution in [3.05, 3.63) is 11.8 Å². The molecule has 0 unspecified atom stereocenters. The van der Waals surface area contributed by atoms with Gasteiger partial charge in [0.2, 0.25) is 0 Å². The minimum absolute atomic E-state index is 0.406. The number of H-pyrrole nitrogens is 1. The van der Waals surface area contributed by atoms with Crippen LogP contribution >= 0.6 is 0 Å². The van der Waals surface area contributed by atoms with E-state index in [9.17, 15) is 4.79 Å². The normalized spacial score (nSPS) is 9.75. The second-order valence-electron chi connectivity index (χ2n) is 2.45. The van der Waals surface area contributed by atoms with E-state index in [0.29, 0.717) is 11.4 Å². The molecule has 0 aliphatic carbocycles. The van der Waals surface area contributed by atoms with Gasteiger partial charge in [-0.2, -0.15) is 5.10 Å². The standard InChI is InChI=1S/C7H12N4O/c1-2-3-9-7-5(6(8)12)4-10-11-7/h4H,2-3H2,1H3,(H2,8,12)(H2,9,10,11). The molecule has 1 aromatic rings. The molecule has 0 aliphatic rings. The summed E-state index contributed by atoms with van der Waals surface area (Å²) in [6.07, 6.45) is 2.40. The molecule has 0 fully saturated rings. The fraction of sp³-hybridized carbons (Fsp3) is 0.429. The van der Waals surface area contributed by atoms with E-state index in [1.54, 1.807) is 0 Å². The molecule has 1 aromatic heterocycles. The molecule has 4 N–H and O–H groups in total. The lowest BCUT2D eigenvalue weighted by molar-refractivity contribution is 0.100. The summed E-state index contributed by atoms with van der Waals surface area (Å²) < 4.78 is 0. The lowest BCUT2D eigenvalue weighted by Crippen LogP contribution is -2.13. The zero-order valence-electron chi connectivity index (χ0n) is 6.92. The van der Waals surface area contributed by atoms with Crippen molar-refractivity contribution in [1.82, 2.24) is 10.2 Å². The Hall–Kier alpha value is -1.52. The molecule has 0 aromatic carbocycles. The Morgan fingerprint density at radius 3 is 3.17 bits per heavy atom. The molecule has 0 aliphatic heterocycles. The van der Waals surface area contributed by atoms with Gasteiger partial charge in [0, 0.05) is 6.54 Å². The van der Waals surface area contributed by atoms with Crippen LogP contribution in [0.1, 0.15) is 23.7 Å². The molecule has 0 atom stereocenters. The summed E-state index contributed by atoms with van der Waals surface area (Å²) in [6, 6.07) is 0. The van der Waals surface area contributed by atoms with Crippen LogP contribution in [0.25, 0.3) is 0 Å². The van der Waals surface area contributed by atoms with Crippen LogP contribution in [-0.2, 0) is 0 Å². The number of carbonyl (C=O) groups is 1. The number of nitrogens with zero attached hydrogens (tertiary/aromatic N) is 1. The van der Waals surface area contributed by atoms with Gasteiger partial charge in [-0.3, -0.25) is 9.89 Å². The van der Waals surface area contributed by atoms with E-state index >= 15 is 0 Å². The minimum atomic E-state index is -0.470. The van der Waals surface area contributed by atoms with Gasteiger partial charge in [0.15, 0.2) is 0 Å². The Morgan fingerprint density at radius 1 is 1.83 bits per heavy atom. The van der Waals surface area contributed by atoms with Crippen molar-refractivity contribution in [3.8, 4) is 0 Å². The Labute approximate surface area is 70.3 Å². The third-order valence-corrected chi connectivity index (χ3v) is 1.46. The zero-order chi connectivity index (χ0) is 8.97. The molecule has 1 amide bonds. The quantitative estimate of drug-likeness (QED) is 0.605. The van der Waals surface area contributed by atoms with Crippen molar-refractivity contribution in [2.45, 2.75) is 13.3 Å². The van der Waals surface area contributed by atoms with Gasteiger partial charge in [0.1, 0.15) is 11.4 Å². The maximum Gasteiger partial charge on any atom is 0.254 e. The third-order valence-electron chi connectivity index (χ3n) is 1.46. The minimum Gasteiger partial charge on any atom is -0.370 e. The van der Waals surface area contributed by atoms with Gasteiger partial charge in [-0.05, 0) is 6.42 Å². The highest BCUT2D eigenvalue weighted by atomic mass is 16.1. The van der Waals surface area contributed by atoms with Crippen molar-refractivity contribution >= 4 is 11.7 Å². The number of anilines is 1. The maximum atomic E-state index is 10.8. The smallest absolute Gasteiger partial charge is 0.254 e. The molecule has 66 valence electrons. The highest BCUT2D eigenvalue weighted by Gasteiger charge is 2.08. The van der Waals surface area contributed by atoms with E-state index in [2.05, 4.69) is 15.5 Å². The number of aromatic nitrogens is 2. The van der Waals surface area contributed by atoms with E-state index < -0.39 is 5.91 Å². The summed E-state index contributed by atoms with van der Waals surface area (Å²) in [4.78, 5) is 10.8. The van der Waals surface area contributed by atoms with Gasteiger partial charge < -0.3 is 11.1 Å². The first-order chi connectivity index (χ1) is 5.75. The number of nitrogens with two attached hydrogens (primary N) is 1. The molecule has 12 heavy (non-hydrogen) atoms. The van der Waals surface area contributed by atoms with Gasteiger partial charge in [0.25, 0.3) is 5.91 Å². The molecule has 0 spiro atoms. The second-order valence-corrected chi connectivity index (χ2v) is 2.45. The molecule has 0 saturated carbocycles. The van der Waals surface area contributed by atoms with Gasteiger partial charge >= 0.3 is 0 Å². The van der Waals surface area contributed by atoms with Crippen LogP contribution in [0.3, 0.4) is 0 Å². The molecule has 0 radical (unpaired) electrons. The summed E-state index contributed by atoms with van der Waals surface area (Å²) >= 11 is 0. The molecular formula is C7H12N4O. The monoisotopic (exact) mass is 168 g/mol. The van der Waals surface area contributed by atoms with Crippen molar-refractivity contribution in [2.24, 2.45) is 5.73 Å². The van der Waals surface area contributed by atoms with Crippen LogP contribution in [0.4, 0.5) is 5.82 Å². The van der Waals surface area contributed by atoms with Gasteiger partial charge in [-0.25, -0.2) is 0 Å². The van der Waals surface area contributed by atoms with Crippen molar-refractivity contribution < 1.29 is 4.79 Å².